The van der Waals surface area contributed by atoms with E-state index >= 15 is 0 Å². The van der Waals surface area contributed by atoms with Gasteiger partial charge in [-0.2, -0.15) is 9.97 Å². The molecule has 0 aliphatic heterocycles. The smallest absolute Gasteiger partial charge is 0.238 e. The standard InChI is InChI=1S/C65H52N6/c1-64(2,3)43-33-36-58-51(39-43)46-23-10-15-27-53(46)69(58)56-30-18-13-25-48(56)61-66-62(49-26-14-19-31-57(49)70-54-28-16-11-24-47(54)52-40-44(65(4,5)6)34-37-59(52)70)68-63(67-61)71-55-29-17-12-22-45(55)50-38-42(32-35-60(50)71)41-20-8-7-9-21-41/h7-40H,1-6H3/i7D,8D,9D,20D,21D. The van der Waals surface area contributed by atoms with Crippen molar-refractivity contribution in [3.8, 4) is 51.2 Å². The van der Waals surface area contributed by atoms with Crippen LogP contribution in [-0.2, 0) is 10.8 Å². The van der Waals surface area contributed by atoms with Crippen LogP contribution in [0.5, 0.6) is 0 Å². The summed E-state index contributed by atoms with van der Waals surface area (Å²) in [5.41, 5.74) is 12.4. The van der Waals surface area contributed by atoms with Gasteiger partial charge in [0.2, 0.25) is 5.95 Å². The van der Waals surface area contributed by atoms with Crippen molar-refractivity contribution in [2.45, 2.75) is 52.4 Å². The van der Waals surface area contributed by atoms with Crippen molar-refractivity contribution in [1.82, 2.24) is 28.7 Å². The van der Waals surface area contributed by atoms with Crippen molar-refractivity contribution < 1.29 is 6.85 Å². The molecular weight excluding hydrogens is 865 g/mol. The molecule has 13 rings (SSSR count). The van der Waals surface area contributed by atoms with Crippen LogP contribution in [0.4, 0.5) is 0 Å². The second-order valence-corrected chi connectivity index (χ2v) is 20.6. The lowest BCUT2D eigenvalue weighted by molar-refractivity contribution is 0.591. The molecule has 0 aliphatic carbocycles. The lowest BCUT2D eigenvalue weighted by Crippen LogP contribution is -2.10. The Morgan fingerprint density at radius 2 is 0.746 bits per heavy atom. The average molecular weight is 922 g/mol. The van der Waals surface area contributed by atoms with E-state index in [0.29, 0.717) is 23.2 Å². The van der Waals surface area contributed by atoms with Crippen LogP contribution in [0.15, 0.2) is 206 Å². The van der Waals surface area contributed by atoms with Gasteiger partial charge in [-0.05, 0) is 112 Å². The minimum Gasteiger partial charge on any atom is -0.309 e. The molecule has 4 heterocycles. The summed E-state index contributed by atoms with van der Waals surface area (Å²) in [6, 6.07) is 59.4. The van der Waals surface area contributed by atoms with E-state index in [-0.39, 0.29) is 40.6 Å². The zero-order valence-electron chi connectivity index (χ0n) is 45.4. The predicted octanol–water partition coefficient (Wildman–Crippen LogP) is 16.8. The summed E-state index contributed by atoms with van der Waals surface area (Å²) in [4.78, 5) is 16.6. The fourth-order valence-corrected chi connectivity index (χ4v) is 10.6. The molecule has 0 saturated carbocycles. The van der Waals surface area contributed by atoms with Crippen LogP contribution in [-0.4, -0.2) is 28.7 Å². The van der Waals surface area contributed by atoms with Crippen LogP contribution in [0, 0.1) is 0 Å². The quantitative estimate of drug-likeness (QED) is 0.167. The second kappa shape index (κ2) is 16.0. The SMILES string of the molecule is [2H]c1c([2H])c([2H])c(-c2ccc3c(c2)c2ccccc2n3-c2nc(-c3ccccc3-n3c4ccccc4c4cc(C(C)(C)C)ccc43)nc(-c3ccccc3-n3c4ccccc4c4cc(C(C)(C)C)ccc43)n2)c([2H])c1[2H]. The van der Waals surface area contributed by atoms with Crippen LogP contribution in [0.1, 0.15) is 59.5 Å². The molecule has 0 bridgehead atoms. The molecule has 0 spiro atoms. The molecular formula is C65H52N6. The molecule has 4 aromatic heterocycles. The van der Waals surface area contributed by atoms with E-state index in [9.17, 15) is 0 Å². The highest BCUT2D eigenvalue weighted by molar-refractivity contribution is 6.12. The normalized spacial score (nSPS) is 13.4. The van der Waals surface area contributed by atoms with Crippen LogP contribution >= 0.6 is 0 Å². The molecule has 0 atom stereocenters. The molecule has 0 N–H and O–H groups in total. The summed E-state index contributed by atoms with van der Waals surface area (Å²) in [5.74, 6) is 1.34. The predicted molar refractivity (Wildman–Crippen MR) is 297 cm³/mol. The molecule has 0 fully saturated rings. The van der Waals surface area contributed by atoms with Gasteiger partial charge in [0.1, 0.15) is 0 Å². The van der Waals surface area contributed by atoms with E-state index in [0.717, 1.165) is 87.9 Å². The maximum atomic E-state index is 8.87. The van der Waals surface area contributed by atoms with Gasteiger partial charge >= 0.3 is 0 Å². The van der Waals surface area contributed by atoms with Crippen molar-refractivity contribution in [1.29, 1.82) is 0 Å². The number of para-hydroxylation sites is 5. The maximum Gasteiger partial charge on any atom is 0.238 e. The third kappa shape index (κ3) is 6.88. The fraction of sp³-hybridized carbons (Fsp3) is 0.123. The van der Waals surface area contributed by atoms with E-state index in [4.69, 9.17) is 21.8 Å². The Bertz CT molecular complexity index is 4350. The fourth-order valence-electron chi connectivity index (χ4n) is 10.6. The number of benzene rings is 9. The molecule has 6 nitrogen and oxygen atoms in total. The van der Waals surface area contributed by atoms with Gasteiger partial charge in [0.15, 0.2) is 11.6 Å². The summed E-state index contributed by atoms with van der Waals surface area (Å²) in [6.45, 7) is 13.5. The Labute approximate surface area is 420 Å². The van der Waals surface area contributed by atoms with Crippen LogP contribution in [0.2, 0.25) is 0 Å². The largest absolute Gasteiger partial charge is 0.309 e. The van der Waals surface area contributed by atoms with E-state index in [1.54, 1.807) is 0 Å². The first-order chi connectivity index (χ1) is 36.6. The highest BCUT2D eigenvalue weighted by Gasteiger charge is 2.25. The zero-order chi connectivity index (χ0) is 52.5. The molecule has 71 heavy (non-hydrogen) atoms. The number of rotatable bonds is 6. The van der Waals surface area contributed by atoms with Gasteiger partial charge in [0, 0.05) is 43.4 Å². The molecule has 342 valence electrons. The van der Waals surface area contributed by atoms with Crippen molar-refractivity contribution in [3.05, 3.63) is 217 Å². The zero-order valence-corrected chi connectivity index (χ0v) is 40.4. The minimum absolute atomic E-state index is 0.0495. The third-order valence-electron chi connectivity index (χ3n) is 14.1. The molecule has 13 aromatic rings. The molecule has 0 aliphatic rings. The highest BCUT2D eigenvalue weighted by Crippen LogP contribution is 2.42. The second-order valence-electron chi connectivity index (χ2n) is 20.6. The van der Waals surface area contributed by atoms with Crippen molar-refractivity contribution in [2.75, 3.05) is 0 Å². The molecule has 0 amide bonds. The summed E-state index contributed by atoms with van der Waals surface area (Å²) in [5, 5.41) is 6.33. The molecule has 0 unspecified atom stereocenters. The number of fused-ring (bicyclic) bond motifs is 9. The Hall–Kier alpha value is -8.61. The maximum absolute atomic E-state index is 8.87. The van der Waals surface area contributed by atoms with Gasteiger partial charge in [-0.15, -0.1) is 0 Å². The Morgan fingerprint density at radius 1 is 0.352 bits per heavy atom. The third-order valence-corrected chi connectivity index (χ3v) is 14.1. The average Bonchev–Trinajstić information content (AvgIpc) is 4.17. The van der Waals surface area contributed by atoms with Gasteiger partial charge in [-0.1, -0.05) is 169 Å². The number of nitrogens with zero attached hydrogens (tertiary/aromatic N) is 6. The van der Waals surface area contributed by atoms with E-state index < -0.39 is 6.04 Å². The topological polar surface area (TPSA) is 53.5 Å². The minimum atomic E-state index is -0.429. The number of hydrogen-bond donors (Lipinski definition) is 0. The molecule has 0 saturated heterocycles. The van der Waals surface area contributed by atoms with Crippen LogP contribution in [0.25, 0.3) is 117 Å². The monoisotopic (exact) mass is 921 g/mol. The van der Waals surface area contributed by atoms with Crippen LogP contribution in [0.3, 0.4) is 0 Å². The van der Waals surface area contributed by atoms with Crippen molar-refractivity contribution in [2.24, 2.45) is 0 Å². The van der Waals surface area contributed by atoms with Gasteiger partial charge in [-0.25, -0.2) is 4.98 Å². The van der Waals surface area contributed by atoms with Gasteiger partial charge in [0.05, 0.1) is 51.3 Å². The Balaban J connectivity index is 1.10. The summed E-state index contributed by atoms with van der Waals surface area (Å²) < 4.78 is 49.7. The highest BCUT2D eigenvalue weighted by atomic mass is 15.2. The molecule has 6 heteroatoms. The van der Waals surface area contributed by atoms with Gasteiger partial charge in [0.25, 0.3) is 0 Å². The lowest BCUT2D eigenvalue weighted by atomic mass is 9.86. The van der Waals surface area contributed by atoms with Gasteiger partial charge < -0.3 is 9.13 Å². The van der Waals surface area contributed by atoms with E-state index in [1.807, 2.05) is 54.6 Å². The first-order valence-corrected chi connectivity index (χ1v) is 24.2. The number of hydrogen-bond acceptors (Lipinski definition) is 3. The summed E-state index contributed by atoms with van der Waals surface area (Å²) in [6.07, 6.45) is 0. The Kier molecular flexibility index (Phi) is 8.39. The summed E-state index contributed by atoms with van der Waals surface area (Å²) >= 11 is 0. The van der Waals surface area contributed by atoms with E-state index in [2.05, 4.69) is 177 Å². The van der Waals surface area contributed by atoms with Crippen LogP contribution < -0.4 is 0 Å². The Morgan fingerprint density at radius 3 is 1.24 bits per heavy atom. The van der Waals surface area contributed by atoms with Gasteiger partial charge in [-0.3, -0.25) is 4.57 Å². The number of aromatic nitrogens is 6. The molecule has 9 aromatic carbocycles. The van der Waals surface area contributed by atoms with Crippen molar-refractivity contribution in [3.63, 3.8) is 0 Å². The molecule has 0 radical (unpaired) electrons. The summed E-state index contributed by atoms with van der Waals surface area (Å²) in [7, 11) is 0. The first kappa shape index (κ1) is 37.3. The first-order valence-electron chi connectivity index (χ1n) is 26.7. The van der Waals surface area contributed by atoms with Crippen molar-refractivity contribution >= 4 is 65.4 Å². The lowest BCUT2D eigenvalue weighted by Gasteiger charge is -2.19. The van der Waals surface area contributed by atoms with E-state index in [1.165, 1.54) is 11.1 Å².